The van der Waals surface area contributed by atoms with E-state index in [0.29, 0.717) is 12.4 Å². The Bertz CT molecular complexity index is 334. The molecule has 1 aromatic rings. The molecule has 15 heavy (non-hydrogen) atoms. The number of phenols is 1. The maximum Gasteiger partial charge on any atom is 0.121 e. The molecule has 1 fully saturated rings. The van der Waals surface area contributed by atoms with Crippen LogP contribution in [0.4, 0.5) is 0 Å². The minimum absolute atomic E-state index is 0.261. The Balaban J connectivity index is 2.27. The average molecular weight is 207 g/mol. The number of benzene rings is 1. The fourth-order valence-corrected chi connectivity index (χ4v) is 1.97. The van der Waals surface area contributed by atoms with Gasteiger partial charge in [0.25, 0.3) is 0 Å². The van der Waals surface area contributed by atoms with E-state index in [-0.39, 0.29) is 6.04 Å². The predicted octanol–water partition coefficient (Wildman–Crippen LogP) is 1.67. The predicted molar refractivity (Wildman–Crippen MR) is 59.1 cm³/mol. The molecule has 1 aliphatic heterocycles. The summed E-state index contributed by atoms with van der Waals surface area (Å²) in [4.78, 5) is 0. The summed E-state index contributed by atoms with van der Waals surface area (Å²) >= 11 is 0. The minimum atomic E-state index is 0.261. The van der Waals surface area contributed by atoms with Crippen molar-refractivity contribution in [3.8, 4) is 5.75 Å². The minimum Gasteiger partial charge on any atom is -0.507 e. The highest BCUT2D eigenvalue weighted by atomic mass is 16.5. The molecule has 2 N–H and O–H groups in total. The molecule has 0 bridgehead atoms. The largest absolute Gasteiger partial charge is 0.507 e. The van der Waals surface area contributed by atoms with E-state index < -0.39 is 0 Å². The Labute approximate surface area is 90.1 Å². The van der Waals surface area contributed by atoms with E-state index in [4.69, 9.17) is 4.74 Å². The lowest BCUT2D eigenvalue weighted by atomic mass is 10.00. The van der Waals surface area contributed by atoms with Crippen molar-refractivity contribution in [2.75, 3.05) is 19.8 Å². The van der Waals surface area contributed by atoms with Crippen LogP contribution in [-0.2, 0) is 4.74 Å². The molecular weight excluding hydrogens is 190 g/mol. The third-order valence-electron chi connectivity index (χ3n) is 2.84. The van der Waals surface area contributed by atoms with Crippen molar-refractivity contribution in [2.24, 2.45) is 0 Å². The summed E-state index contributed by atoms with van der Waals surface area (Å²) in [5.74, 6) is 0.399. The molecule has 1 aliphatic rings. The maximum absolute atomic E-state index is 9.68. The summed E-state index contributed by atoms with van der Waals surface area (Å²) < 4.78 is 5.42. The molecule has 1 atom stereocenters. The molecule has 0 unspecified atom stereocenters. The summed E-state index contributed by atoms with van der Waals surface area (Å²) in [5, 5.41) is 13.1. The second-order valence-electron chi connectivity index (χ2n) is 4.08. The fraction of sp³-hybridized carbons (Fsp3) is 0.500. The van der Waals surface area contributed by atoms with E-state index in [0.717, 1.165) is 24.3 Å². The highest BCUT2D eigenvalue weighted by molar-refractivity contribution is 5.43. The van der Waals surface area contributed by atoms with Gasteiger partial charge in [-0.05, 0) is 30.5 Å². The highest BCUT2D eigenvalue weighted by Gasteiger charge is 2.16. The van der Waals surface area contributed by atoms with Crippen molar-refractivity contribution in [3.05, 3.63) is 28.8 Å². The van der Waals surface area contributed by atoms with Crippen LogP contribution in [0.5, 0.6) is 5.75 Å². The van der Waals surface area contributed by atoms with Crippen LogP contribution in [0.3, 0.4) is 0 Å². The van der Waals surface area contributed by atoms with Gasteiger partial charge in [0.05, 0.1) is 19.3 Å². The molecule has 1 saturated heterocycles. The van der Waals surface area contributed by atoms with Crippen LogP contribution >= 0.6 is 0 Å². The van der Waals surface area contributed by atoms with Crippen LogP contribution in [-0.4, -0.2) is 24.9 Å². The molecule has 82 valence electrons. The Morgan fingerprint density at radius 1 is 1.33 bits per heavy atom. The van der Waals surface area contributed by atoms with Crippen molar-refractivity contribution < 1.29 is 9.84 Å². The van der Waals surface area contributed by atoms with Gasteiger partial charge in [0.1, 0.15) is 5.75 Å². The SMILES string of the molecule is Cc1cc([C@@H]2COCCN2)cc(C)c1O. The van der Waals surface area contributed by atoms with E-state index in [1.54, 1.807) is 0 Å². The van der Waals surface area contributed by atoms with Crippen molar-refractivity contribution >= 4 is 0 Å². The summed E-state index contributed by atoms with van der Waals surface area (Å²) in [6.45, 7) is 6.24. The molecule has 0 spiro atoms. The number of aryl methyl sites for hydroxylation is 2. The third-order valence-corrected chi connectivity index (χ3v) is 2.84. The van der Waals surface area contributed by atoms with Gasteiger partial charge in [-0.25, -0.2) is 0 Å². The lowest BCUT2D eigenvalue weighted by Crippen LogP contribution is -2.34. The van der Waals surface area contributed by atoms with Crippen LogP contribution in [0.15, 0.2) is 12.1 Å². The number of phenolic OH excluding ortho intramolecular Hbond substituents is 1. The summed E-state index contributed by atoms with van der Waals surface area (Å²) in [6, 6.07) is 4.31. The van der Waals surface area contributed by atoms with E-state index >= 15 is 0 Å². The van der Waals surface area contributed by atoms with Crippen molar-refractivity contribution in [3.63, 3.8) is 0 Å². The van der Waals surface area contributed by atoms with Crippen LogP contribution in [0, 0.1) is 13.8 Å². The second-order valence-corrected chi connectivity index (χ2v) is 4.08. The third kappa shape index (κ3) is 2.13. The smallest absolute Gasteiger partial charge is 0.121 e. The molecule has 3 nitrogen and oxygen atoms in total. The Morgan fingerprint density at radius 3 is 2.53 bits per heavy atom. The van der Waals surface area contributed by atoms with Crippen LogP contribution in [0.2, 0.25) is 0 Å². The number of nitrogens with one attached hydrogen (secondary N) is 1. The molecule has 0 saturated carbocycles. The number of rotatable bonds is 1. The van der Waals surface area contributed by atoms with Crippen molar-refractivity contribution in [2.45, 2.75) is 19.9 Å². The van der Waals surface area contributed by atoms with Gasteiger partial charge in [-0.2, -0.15) is 0 Å². The molecule has 3 heteroatoms. The van der Waals surface area contributed by atoms with Crippen molar-refractivity contribution in [1.29, 1.82) is 0 Å². The van der Waals surface area contributed by atoms with Crippen molar-refractivity contribution in [1.82, 2.24) is 5.32 Å². The first-order valence-corrected chi connectivity index (χ1v) is 5.29. The van der Waals surface area contributed by atoms with Gasteiger partial charge in [-0.1, -0.05) is 12.1 Å². The molecule has 1 aromatic carbocycles. The first-order chi connectivity index (χ1) is 7.18. The lowest BCUT2D eigenvalue weighted by Gasteiger charge is -2.25. The Morgan fingerprint density at radius 2 is 2.00 bits per heavy atom. The van der Waals surface area contributed by atoms with Gasteiger partial charge in [0.2, 0.25) is 0 Å². The number of ether oxygens (including phenoxy) is 1. The molecule has 1 heterocycles. The van der Waals surface area contributed by atoms with Crippen LogP contribution < -0.4 is 5.32 Å². The lowest BCUT2D eigenvalue weighted by molar-refractivity contribution is 0.0768. The van der Waals surface area contributed by atoms with Crippen LogP contribution in [0.25, 0.3) is 0 Å². The molecule has 2 rings (SSSR count). The van der Waals surface area contributed by atoms with Gasteiger partial charge in [0.15, 0.2) is 0 Å². The maximum atomic E-state index is 9.68. The highest BCUT2D eigenvalue weighted by Crippen LogP contribution is 2.26. The second kappa shape index (κ2) is 4.21. The monoisotopic (exact) mass is 207 g/mol. The van der Waals surface area contributed by atoms with Gasteiger partial charge >= 0.3 is 0 Å². The van der Waals surface area contributed by atoms with Gasteiger partial charge in [-0.15, -0.1) is 0 Å². The molecule has 0 amide bonds. The zero-order valence-electron chi connectivity index (χ0n) is 9.21. The normalized spacial score (nSPS) is 21.6. The average Bonchev–Trinajstić information content (AvgIpc) is 2.26. The molecule has 0 aliphatic carbocycles. The zero-order valence-corrected chi connectivity index (χ0v) is 9.21. The fourth-order valence-electron chi connectivity index (χ4n) is 1.97. The first-order valence-electron chi connectivity index (χ1n) is 5.29. The Hall–Kier alpha value is -1.06. The van der Waals surface area contributed by atoms with Gasteiger partial charge < -0.3 is 15.2 Å². The summed E-state index contributed by atoms with van der Waals surface area (Å²) in [6.07, 6.45) is 0. The Kier molecular flexibility index (Phi) is 2.93. The summed E-state index contributed by atoms with van der Waals surface area (Å²) in [5.41, 5.74) is 3.05. The van der Waals surface area contributed by atoms with Crippen LogP contribution in [0.1, 0.15) is 22.7 Å². The van der Waals surface area contributed by atoms with Gasteiger partial charge in [-0.3, -0.25) is 0 Å². The topological polar surface area (TPSA) is 41.5 Å². The van der Waals surface area contributed by atoms with E-state index in [1.165, 1.54) is 5.56 Å². The van der Waals surface area contributed by atoms with E-state index in [2.05, 4.69) is 5.32 Å². The number of hydrogen-bond donors (Lipinski definition) is 2. The molecule has 0 aromatic heterocycles. The first kappa shape index (κ1) is 10.5. The number of hydrogen-bond acceptors (Lipinski definition) is 3. The molecular formula is C12H17NO2. The summed E-state index contributed by atoms with van der Waals surface area (Å²) in [7, 11) is 0. The van der Waals surface area contributed by atoms with Gasteiger partial charge in [0, 0.05) is 6.54 Å². The quantitative estimate of drug-likeness (QED) is 0.736. The standard InChI is InChI=1S/C12H17NO2/c1-8-5-10(6-9(2)12(8)14)11-7-15-4-3-13-11/h5-6,11,13-14H,3-4,7H2,1-2H3/t11-/m0/s1. The number of morpholine rings is 1. The molecule has 0 radical (unpaired) electrons. The zero-order chi connectivity index (χ0) is 10.8. The van der Waals surface area contributed by atoms with E-state index in [1.807, 2.05) is 26.0 Å². The van der Waals surface area contributed by atoms with E-state index in [9.17, 15) is 5.11 Å². The number of aromatic hydroxyl groups is 1.